The molecular weight excluding hydrogens is 330 g/mol. The molecule has 2 rings (SSSR count). The van der Waals surface area contributed by atoms with Gasteiger partial charge in [-0.2, -0.15) is 4.31 Å². The topological polar surface area (TPSA) is 92.6 Å². The summed E-state index contributed by atoms with van der Waals surface area (Å²) in [5, 5.41) is 14.4. The van der Waals surface area contributed by atoms with Crippen molar-refractivity contribution in [3.8, 4) is 0 Å². The second kappa shape index (κ2) is 6.91. The zero-order valence-electron chi connectivity index (χ0n) is 12.7. The van der Waals surface area contributed by atoms with Crippen LogP contribution in [0.2, 0.25) is 0 Å². The Bertz CT molecular complexity index is 678. The van der Waals surface area contributed by atoms with Gasteiger partial charge in [-0.05, 0) is 26.3 Å². The Balaban J connectivity index is 0.00000242. The highest BCUT2D eigenvalue weighted by Gasteiger charge is 2.37. The van der Waals surface area contributed by atoms with Gasteiger partial charge in [0.15, 0.2) is 4.90 Å². The normalized spacial score (nSPS) is 19.5. The predicted molar refractivity (Wildman–Crippen MR) is 86.0 cm³/mol. The molecule has 1 aromatic carbocycles. The second-order valence-corrected chi connectivity index (χ2v) is 7.13. The molecule has 124 valence electrons. The van der Waals surface area contributed by atoms with E-state index in [1.54, 1.807) is 32.9 Å². The van der Waals surface area contributed by atoms with Crippen LogP contribution in [0.3, 0.4) is 0 Å². The summed E-state index contributed by atoms with van der Waals surface area (Å²) in [5.74, 6) is 0. The third-order valence-electron chi connectivity index (χ3n) is 3.72. The number of nitro groups is 1. The Kier molecular flexibility index (Phi) is 5.91. The van der Waals surface area contributed by atoms with Crippen molar-refractivity contribution in [2.75, 3.05) is 19.6 Å². The SMILES string of the molecule is Cc1ccc(C)c(S(=O)(=O)N2CCNCC2C)c1[N+](=O)[O-].Cl. The average molecular weight is 350 g/mol. The monoisotopic (exact) mass is 349 g/mol. The molecule has 0 saturated carbocycles. The van der Waals surface area contributed by atoms with E-state index >= 15 is 0 Å². The molecule has 0 aromatic heterocycles. The van der Waals surface area contributed by atoms with Gasteiger partial charge >= 0.3 is 0 Å². The summed E-state index contributed by atoms with van der Waals surface area (Å²) in [5.41, 5.74) is 0.436. The van der Waals surface area contributed by atoms with Crippen LogP contribution in [0.15, 0.2) is 17.0 Å². The predicted octanol–water partition coefficient (Wildman–Crippen LogP) is 1.62. The lowest BCUT2D eigenvalue weighted by molar-refractivity contribution is -0.388. The van der Waals surface area contributed by atoms with Gasteiger partial charge in [0.05, 0.1) is 4.92 Å². The Labute approximate surface area is 136 Å². The Morgan fingerprint density at radius 2 is 1.91 bits per heavy atom. The maximum Gasteiger partial charge on any atom is 0.292 e. The van der Waals surface area contributed by atoms with Crippen molar-refractivity contribution in [3.63, 3.8) is 0 Å². The highest BCUT2D eigenvalue weighted by atomic mass is 35.5. The molecule has 1 unspecified atom stereocenters. The first-order valence-electron chi connectivity index (χ1n) is 6.74. The quantitative estimate of drug-likeness (QED) is 0.661. The highest BCUT2D eigenvalue weighted by molar-refractivity contribution is 7.89. The lowest BCUT2D eigenvalue weighted by Gasteiger charge is -2.33. The van der Waals surface area contributed by atoms with E-state index in [0.29, 0.717) is 30.8 Å². The molecule has 0 spiro atoms. The first kappa shape index (κ1) is 18.8. The number of nitro benzene ring substituents is 1. The van der Waals surface area contributed by atoms with Crippen LogP contribution in [0.4, 0.5) is 5.69 Å². The van der Waals surface area contributed by atoms with Crippen LogP contribution in [-0.4, -0.2) is 43.3 Å². The van der Waals surface area contributed by atoms with Crippen molar-refractivity contribution in [2.45, 2.75) is 31.7 Å². The van der Waals surface area contributed by atoms with Crippen LogP contribution in [0.1, 0.15) is 18.1 Å². The van der Waals surface area contributed by atoms with E-state index in [9.17, 15) is 18.5 Å². The molecule has 9 heteroatoms. The summed E-state index contributed by atoms with van der Waals surface area (Å²) in [7, 11) is -3.89. The summed E-state index contributed by atoms with van der Waals surface area (Å²) in [6, 6.07) is 2.96. The summed E-state index contributed by atoms with van der Waals surface area (Å²) in [6.45, 7) is 6.33. The van der Waals surface area contributed by atoms with Crippen molar-refractivity contribution in [1.29, 1.82) is 0 Å². The maximum absolute atomic E-state index is 12.9. The van der Waals surface area contributed by atoms with Crippen LogP contribution in [0.25, 0.3) is 0 Å². The average Bonchev–Trinajstić information content (AvgIpc) is 2.40. The molecular formula is C13H20ClN3O4S. The van der Waals surface area contributed by atoms with Gasteiger partial charge in [-0.25, -0.2) is 8.42 Å². The molecule has 7 nitrogen and oxygen atoms in total. The van der Waals surface area contributed by atoms with Gasteiger partial charge in [0.1, 0.15) is 0 Å². The number of halogens is 1. The molecule has 22 heavy (non-hydrogen) atoms. The van der Waals surface area contributed by atoms with Crippen LogP contribution >= 0.6 is 12.4 Å². The zero-order valence-corrected chi connectivity index (χ0v) is 14.3. The van der Waals surface area contributed by atoms with Gasteiger partial charge in [-0.1, -0.05) is 12.1 Å². The molecule has 1 fully saturated rings. The third-order valence-corrected chi connectivity index (χ3v) is 5.91. The van der Waals surface area contributed by atoms with Crippen LogP contribution in [0.5, 0.6) is 0 Å². The van der Waals surface area contributed by atoms with Crippen molar-refractivity contribution < 1.29 is 13.3 Å². The number of sulfonamides is 1. The van der Waals surface area contributed by atoms with Gasteiger partial charge < -0.3 is 5.32 Å². The van der Waals surface area contributed by atoms with Gasteiger partial charge in [0.2, 0.25) is 0 Å². The number of nitrogens with one attached hydrogen (secondary N) is 1. The van der Waals surface area contributed by atoms with Gasteiger partial charge in [0.25, 0.3) is 15.7 Å². The smallest absolute Gasteiger partial charge is 0.292 e. The number of rotatable bonds is 3. The Hall–Kier alpha value is -1.22. The van der Waals surface area contributed by atoms with Crippen molar-refractivity contribution >= 4 is 28.1 Å². The minimum atomic E-state index is -3.89. The molecule has 1 heterocycles. The number of hydrogen-bond donors (Lipinski definition) is 1. The van der Waals surface area contributed by atoms with E-state index in [4.69, 9.17) is 0 Å². The molecule has 1 saturated heterocycles. The number of aryl methyl sites for hydroxylation is 2. The molecule has 0 aliphatic carbocycles. The van der Waals surface area contributed by atoms with E-state index in [1.807, 2.05) is 0 Å². The molecule has 1 atom stereocenters. The second-order valence-electron chi connectivity index (χ2n) is 5.30. The zero-order chi connectivity index (χ0) is 15.8. The molecule has 0 radical (unpaired) electrons. The number of nitrogens with zero attached hydrogens (tertiary/aromatic N) is 2. The van der Waals surface area contributed by atoms with E-state index in [1.165, 1.54) is 4.31 Å². The fourth-order valence-electron chi connectivity index (χ4n) is 2.62. The van der Waals surface area contributed by atoms with E-state index in [0.717, 1.165) is 0 Å². The molecule has 1 aliphatic heterocycles. The number of hydrogen-bond acceptors (Lipinski definition) is 5. The lowest BCUT2D eigenvalue weighted by atomic mass is 10.1. The minimum Gasteiger partial charge on any atom is -0.314 e. The molecule has 1 aliphatic rings. The standard InChI is InChI=1S/C13H19N3O4S.ClH/c1-9-4-5-10(2)13(12(9)16(17)18)21(19,20)15-7-6-14-8-11(15)3;/h4-5,11,14H,6-8H2,1-3H3;1H. The number of piperazine rings is 1. The van der Waals surface area contributed by atoms with E-state index in [2.05, 4.69) is 5.32 Å². The lowest BCUT2D eigenvalue weighted by Crippen LogP contribution is -2.52. The first-order valence-corrected chi connectivity index (χ1v) is 8.18. The van der Waals surface area contributed by atoms with E-state index in [-0.39, 0.29) is 29.0 Å². The summed E-state index contributed by atoms with van der Waals surface area (Å²) in [6.07, 6.45) is 0. The van der Waals surface area contributed by atoms with Crippen LogP contribution in [0, 0.1) is 24.0 Å². The summed E-state index contributed by atoms with van der Waals surface area (Å²) < 4.78 is 27.1. The third kappa shape index (κ3) is 3.24. The van der Waals surface area contributed by atoms with Gasteiger partial charge in [-0.3, -0.25) is 10.1 Å². The molecule has 0 bridgehead atoms. The van der Waals surface area contributed by atoms with Crippen LogP contribution in [-0.2, 0) is 10.0 Å². The van der Waals surface area contributed by atoms with Crippen molar-refractivity contribution in [1.82, 2.24) is 9.62 Å². The van der Waals surface area contributed by atoms with E-state index < -0.39 is 14.9 Å². The van der Waals surface area contributed by atoms with Gasteiger partial charge in [0, 0.05) is 31.2 Å². The molecule has 0 amide bonds. The maximum atomic E-state index is 12.9. The fourth-order valence-corrected chi connectivity index (χ4v) is 4.69. The highest BCUT2D eigenvalue weighted by Crippen LogP contribution is 2.33. The molecule has 1 N–H and O–H groups in total. The minimum absolute atomic E-state index is 0. The summed E-state index contributed by atoms with van der Waals surface area (Å²) in [4.78, 5) is 10.5. The van der Waals surface area contributed by atoms with Gasteiger partial charge in [-0.15, -0.1) is 12.4 Å². The fraction of sp³-hybridized carbons (Fsp3) is 0.538. The summed E-state index contributed by atoms with van der Waals surface area (Å²) >= 11 is 0. The van der Waals surface area contributed by atoms with Crippen molar-refractivity contribution in [3.05, 3.63) is 33.4 Å². The first-order chi connectivity index (χ1) is 9.76. The van der Waals surface area contributed by atoms with Crippen LogP contribution < -0.4 is 5.32 Å². The molecule has 1 aromatic rings. The van der Waals surface area contributed by atoms with Crippen molar-refractivity contribution in [2.24, 2.45) is 0 Å². The Morgan fingerprint density at radius 1 is 1.32 bits per heavy atom. The Morgan fingerprint density at radius 3 is 2.45 bits per heavy atom. The number of benzene rings is 1. The largest absolute Gasteiger partial charge is 0.314 e.